The van der Waals surface area contributed by atoms with Crippen molar-refractivity contribution < 1.29 is 34.0 Å². The number of rotatable bonds is 5. The summed E-state index contributed by atoms with van der Waals surface area (Å²) in [7, 11) is 0. The molecule has 0 fully saturated rings. The summed E-state index contributed by atoms with van der Waals surface area (Å²) in [5.41, 5.74) is -1.03. The predicted molar refractivity (Wildman–Crippen MR) is 103 cm³/mol. The third-order valence-corrected chi connectivity index (χ3v) is 5.00. The van der Waals surface area contributed by atoms with Gasteiger partial charge in [0.2, 0.25) is 0 Å². The van der Waals surface area contributed by atoms with Crippen LogP contribution in [0.3, 0.4) is 0 Å². The van der Waals surface area contributed by atoms with E-state index in [9.17, 15) is 34.6 Å². The zero-order valence-electron chi connectivity index (χ0n) is 16.2. The molecule has 0 bridgehead atoms. The normalized spacial score (nSPS) is 19.2. The van der Waals surface area contributed by atoms with Gasteiger partial charge in [-0.2, -0.15) is 5.26 Å². The van der Waals surface area contributed by atoms with Gasteiger partial charge in [-0.05, 0) is 50.2 Å². The number of fused-ring (bicyclic) bond motifs is 1. The Hall–Kier alpha value is -3.64. The lowest BCUT2D eigenvalue weighted by atomic mass is 9.84. The van der Waals surface area contributed by atoms with Gasteiger partial charge in [-0.3, -0.25) is 4.79 Å². The highest BCUT2D eigenvalue weighted by molar-refractivity contribution is 5.89. The Morgan fingerprint density at radius 2 is 1.93 bits per heavy atom. The van der Waals surface area contributed by atoms with Crippen LogP contribution in [0.15, 0.2) is 36.4 Å². The maximum absolute atomic E-state index is 13.9. The van der Waals surface area contributed by atoms with E-state index in [-0.39, 0.29) is 11.3 Å². The number of aliphatic carboxylic acids is 1. The van der Waals surface area contributed by atoms with Gasteiger partial charge in [-0.25, -0.2) is 9.18 Å². The zero-order valence-corrected chi connectivity index (χ0v) is 16.2. The first kappa shape index (κ1) is 21.1. The molecule has 0 aliphatic carbocycles. The summed E-state index contributed by atoms with van der Waals surface area (Å²) in [4.78, 5) is 24.2. The van der Waals surface area contributed by atoms with Gasteiger partial charge in [0, 0.05) is 11.3 Å². The average Bonchev–Trinajstić information content (AvgIpc) is 2.67. The first-order valence-corrected chi connectivity index (χ1v) is 8.97. The molecule has 2 atom stereocenters. The molecule has 3 N–H and O–H groups in total. The standard InChI is InChI=1S/C21H19FN2O6/c1-21(2)19(27)18(14-7-11(9-23)3-6-16(14)30-21)24(10-17(25)26)12-4-5-15(22)13(8-12)20(28)29/h3-8,18-19,27H,10H2,1-2H3,(H,25,26)(H,28,29)/t18-,19+/m0/s1. The second-order valence-electron chi connectivity index (χ2n) is 7.45. The van der Waals surface area contributed by atoms with E-state index in [1.165, 1.54) is 23.1 Å². The Kier molecular flexibility index (Phi) is 5.37. The van der Waals surface area contributed by atoms with Crippen LogP contribution in [0.4, 0.5) is 10.1 Å². The van der Waals surface area contributed by atoms with Crippen molar-refractivity contribution >= 4 is 17.6 Å². The number of nitriles is 1. The van der Waals surface area contributed by atoms with Crippen molar-refractivity contribution in [2.45, 2.75) is 31.6 Å². The molecule has 9 heteroatoms. The maximum Gasteiger partial charge on any atom is 0.338 e. The van der Waals surface area contributed by atoms with Gasteiger partial charge in [-0.15, -0.1) is 0 Å². The number of nitrogens with zero attached hydrogens (tertiary/aromatic N) is 2. The summed E-state index contributed by atoms with van der Waals surface area (Å²) in [5, 5.41) is 39.0. The van der Waals surface area contributed by atoms with Crippen molar-refractivity contribution in [3.8, 4) is 11.8 Å². The Bertz CT molecular complexity index is 1060. The molecular formula is C21H19FN2O6. The number of anilines is 1. The van der Waals surface area contributed by atoms with Crippen molar-refractivity contribution in [3.05, 3.63) is 58.9 Å². The number of hydrogen-bond acceptors (Lipinski definition) is 6. The molecule has 1 heterocycles. The van der Waals surface area contributed by atoms with Crippen LogP contribution >= 0.6 is 0 Å². The maximum atomic E-state index is 13.9. The zero-order chi connectivity index (χ0) is 22.2. The van der Waals surface area contributed by atoms with E-state index < -0.39 is 47.6 Å². The number of hydrogen-bond donors (Lipinski definition) is 3. The summed E-state index contributed by atoms with van der Waals surface area (Å²) in [5.74, 6) is -3.37. The van der Waals surface area contributed by atoms with E-state index in [4.69, 9.17) is 4.74 Å². The Balaban J connectivity index is 2.23. The van der Waals surface area contributed by atoms with E-state index in [2.05, 4.69) is 0 Å². The van der Waals surface area contributed by atoms with Crippen LogP contribution in [0.25, 0.3) is 0 Å². The molecule has 2 aromatic rings. The number of carboxylic acid groups (broad SMARTS) is 2. The Labute approximate surface area is 171 Å². The molecule has 0 amide bonds. The van der Waals surface area contributed by atoms with Gasteiger partial charge in [-0.1, -0.05) is 0 Å². The van der Waals surface area contributed by atoms with Gasteiger partial charge in [0.1, 0.15) is 29.8 Å². The number of aromatic carboxylic acids is 1. The van der Waals surface area contributed by atoms with Crippen LogP contribution in [-0.4, -0.2) is 45.5 Å². The largest absolute Gasteiger partial charge is 0.485 e. The van der Waals surface area contributed by atoms with Crippen LogP contribution in [0.1, 0.15) is 41.4 Å². The topological polar surface area (TPSA) is 131 Å². The summed E-state index contributed by atoms with van der Waals surface area (Å²) in [6.45, 7) is 2.63. The molecule has 1 aliphatic rings. The molecule has 0 unspecified atom stereocenters. The summed E-state index contributed by atoms with van der Waals surface area (Å²) in [6, 6.07) is 8.74. The minimum absolute atomic E-state index is 0.0891. The summed E-state index contributed by atoms with van der Waals surface area (Å²) >= 11 is 0. The van der Waals surface area contributed by atoms with Crippen LogP contribution in [0.2, 0.25) is 0 Å². The fourth-order valence-electron chi connectivity index (χ4n) is 3.53. The number of aliphatic hydroxyl groups is 1. The monoisotopic (exact) mass is 414 g/mol. The van der Waals surface area contributed by atoms with E-state index in [0.29, 0.717) is 11.3 Å². The number of ether oxygens (including phenoxy) is 1. The van der Waals surface area contributed by atoms with Crippen molar-refractivity contribution in [2.24, 2.45) is 0 Å². The molecule has 0 radical (unpaired) electrons. The SMILES string of the molecule is CC1(C)Oc2ccc(C#N)cc2[C@H](N(CC(=O)O)c2ccc(F)c(C(=O)O)c2)[C@H]1O. The van der Waals surface area contributed by atoms with Crippen LogP contribution in [0, 0.1) is 17.1 Å². The molecular weight excluding hydrogens is 395 g/mol. The minimum Gasteiger partial charge on any atom is -0.485 e. The van der Waals surface area contributed by atoms with E-state index >= 15 is 0 Å². The molecule has 0 saturated carbocycles. The fourth-order valence-corrected chi connectivity index (χ4v) is 3.53. The molecule has 1 aliphatic heterocycles. The molecule has 8 nitrogen and oxygen atoms in total. The molecule has 0 aromatic heterocycles. The molecule has 0 spiro atoms. The number of halogens is 1. The highest BCUT2D eigenvalue weighted by Crippen LogP contribution is 2.44. The van der Waals surface area contributed by atoms with E-state index in [1.54, 1.807) is 19.9 Å². The lowest BCUT2D eigenvalue weighted by Crippen LogP contribution is -2.54. The van der Waals surface area contributed by atoms with Gasteiger partial charge < -0.3 is 25.0 Å². The minimum atomic E-state index is -1.51. The smallest absolute Gasteiger partial charge is 0.338 e. The lowest BCUT2D eigenvalue weighted by Gasteiger charge is -2.46. The van der Waals surface area contributed by atoms with Crippen LogP contribution in [0.5, 0.6) is 5.75 Å². The summed E-state index contributed by atoms with van der Waals surface area (Å²) < 4.78 is 19.8. The second-order valence-corrected chi connectivity index (χ2v) is 7.45. The first-order chi connectivity index (χ1) is 14.0. The molecule has 3 rings (SSSR count). The summed E-state index contributed by atoms with van der Waals surface area (Å²) in [6.07, 6.45) is -1.25. The number of carbonyl (C=O) groups is 2. The lowest BCUT2D eigenvalue weighted by molar-refractivity contribution is -0.135. The quantitative estimate of drug-likeness (QED) is 0.680. The molecule has 30 heavy (non-hydrogen) atoms. The van der Waals surface area contributed by atoms with Gasteiger partial charge in [0.05, 0.1) is 23.2 Å². The molecule has 156 valence electrons. The van der Waals surface area contributed by atoms with Crippen molar-refractivity contribution in [3.63, 3.8) is 0 Å². The number of benzene rings is 2. The highest BCUT2D eigenvalue weighted by atomic mass is 19.1. The number of aliphatic hydroxyl groups excluding tert-OH is 1. The van der Waals surface area contributed by atoms with Crippen molar-refractivity contribution in [1.29, 1.82) is 5.26 Å². The Morgan fingerprint density at radius 1 is 1.23 bits per heavy atom. The first-order valence-electron chi connectivity index (χ1n) is 8.97. The van der Waals surface area contributed by atoms with E-state index in [0.717, 1.165) is 12.1 Å². The third-order valence-electron chi connectivity index (χ3n) is 5.00. The molecule has 2 aromatic carbocycles. The van der Waals surface area contributed by atoms with Gasteiger partial charge >= 0.3 is 11.9 Å². The second kappa shape index (κ2) is 7.65. The van der Waals surface area contributed by atoms with E-state index in [1.807, 2.05) is 6.07 Å². The third kappa shape index (κ3) is 3.77. The number of carboxylic acids is 2. The highest BCUT2D eigenvalue weighted by Gasteiger charge is 2.46. The molecule has 0 saturated heterocycles. The average molecular weight is 414 g/mol. The predicted octanol–water partition coefficient (Wildman–Crippen LogP) is 2.56. The van der Waals surface area contributed by atoms with Crippen molar-refractivity contribution in [1.82, 2.24) is 0 Å². The Morgan fingerprint density at radius 3 is 2.53 bits per heavy atom. The van der Waals surface area contributed by atoms with Gasteiger partial charge in [0.25, 0.3) is 0 Å². The van der Waals surface area contributed by atoms with Crippen molar-refractivity contribution in [2.75, 3.05) is 11.4 Å². The van der Waals surface area contributed by atoms with Crippen LogP contribution < -0.4 is 9.64 Å². The van der Waals surface area contributed by atoms with Crippen LogP contribution in [-0.2, 0) is 4.79 Å². The fraction of sp³-hybridized carbons (Fsp3) is 0.286. The van der Waals surface area contributed by atoms with Gasteiger partial charge in [0.15, 0.2) is 0 Å².